The monoisotopic (exact) mass is 320 g/mol. The van der Waals surface area contributed by atoms with Crippen LogP contribution in [0.25, 0.3) is 0 Å². The SMILES string of the molecule is CC(C)Sc1c(OC2CCCCO2)cccc1C(F)(F)F. The molecule has 1 saturated heterocycles. The summed E-state index contributed by atoms with van der Waals surface area (Å²) in [7, 11) is 0. The molecule has 1 aromatic carbocycles. The van der Waals surface area contributed by atoms with Crippen molar-refractivity contribution >= 4 is 11.8 Å². The zero-order valence-electron chi connectivity index (χ0n) is 12.1. The van der Waals surface area contributed by atoms with Gasteiger partial charge < -0.3 is 9.47 Å². The van der Waals surface area contributed by atoms with Crippen LogP contribution in [0.3, 0.4) is 0 Å². The average molecular weight is 320 g/mol. The first-order valence-corrected chi connectivity index (χ1v) is 7.91. The van der Waals surface area contributed by atoms with Gasteiger partial charge in [-0.3, -0.25) is 0 Å². The molecule has 6 heteroatoms. The van der Waals surface area contributed by atoms with Gasteiger partial charge >= 0.3 is 6.18 Å². The summed E-state index contributed by atoms with van der Waals surface area (Å²) in [5.41, 5.74) is -0.644. The Morgan fingerprint density at radius 1 is 1.29 bits per heavy atom. The topological polar surface area (TPSA) is 18.5 Å². The predicted octanol–water partition coefficient (Wildman–Crippen LogP) is 5.11. The molecule has 1 heterocycles. The number of rotatable bonds is 4. The number of alkyl halides is 3. The lowest BCUT2D eigenvalue weighted by atomic mass is 10.2. The highest BCUT2D eigenvalue weighted by Gasteiger charge is 2.35. The number of hydrogen-bond acceptors (Lipinski definition) is 3. The van der Waals surface area contributed by atoms with Gasteiger partial charge in [-0.15, -0.1) is 11.8 Å². The summed E-state index contributed by atoms with van der Waals surface area (Å²) in [6, 6.07) is 4.06. The second-order valence-electron chi connectivity index (χ2n) is 5.21. The maximum atomic E-state index is 13.2. The standard InChI is InChI=1S/C15H19F3O2S/c1-10(2)21-14-11(15(16,17)18)6-5-7-12(14)20-13-8-3-4-9-19-13/h5-7,10,13H,3-4,8-9H2,1-2H3. The maximum Gasteiger partial charge on any atom is 0.417 e. The van der Waals surface area contributed by atoms with Gasteiger partial charge in [0, 0.05) is 11.7 Å². The molecule has 1 atom stereocenters. The summed E-state index contributed by atoms with van der Waals surface area (Å²) in [5.74, 6) is 0.260. The molecule has 118 valence electrons. The van der Waals surface area contributed by atoms with Crippen LogP contribution in [0.1, 0.15) is 38.7 Å². The minimum Gasteiger partial charge on any atom is -0.464 e. The highest BCUT2D eigenvalue weighted by Crippen LogP contribution is 2.43. The lowest BCUT2D eigenvalue weighted by Gasteiger charge is -2.26. The van der Waals surface area contributed by atoms with Crippen LogP contribution in [0.2, 0.25) is 0 Å². The number of thioether (sulfide) groups is 1. The Hall–Kier alpha value is -0.880. The Bertz CT molecular complexity index is 468. The highest BCUT2D eigenvalue weighted by atomic mass is 32.2. The van der Waals surface area contributed by atoms with Gasteiger partial charge in [-0.25, -0.2) is 0 Å². The average Bonchev–Trinajstić information content (AvgIpc) is 2.40. The van der Waals surface area contributed by atoms with Gasteiger partial charge in [0.25, 0.3) is 0 Å². The first kappa shape index (κ1) is 16.5. The van der Waals surface area contributed by atoms with Gasteiger partial charge in [-0.2, -0.15) is 13.2 Å². The van der Waals surface area contributed by atoms with Gasteiger partial charge in [0.2, 0.25) is 0 Å². The quantitative estimate of drug-likeness (QED) is 0.718. The van der Waals surface area contributed by atoms with E-state index in [9.17, 15) is 13.2 Å². The Kier molecular flexibility index (Phi) is 5.43. The summed E-state index contributed by atoms with van der Waals surface area (Å²) in [5, 5.41) is 0.0307. The smallest absolute Gasteiger partial charge is 0.417 e. The second-order valence-corrected chi connectivity index (χ2v) is 6.80. The molecule has 0 amide bonds. The number of benzene rings is 1. The van der Waals surface area contributed by atoms with Crippen molar-refractivity contribution < 1.29 is 22.6 Å². The lowest BCUT2D eigenvalue weighted by molar-refractivity contribution is -0.141. The molecule has 0 N–H and O–H groups in total. The molecule has 1 aliphatic heterocycles. The molecule has 0 radical (unpaired) electrons. The van der Waals surface area contributed by atoms with Gasteiger partial charge in [0.05, 0.1) is 17.1 Å². The molecular formula is C15H19F3O2S. The molecule has 1 aliphatic rings. The molecule has 1 aromatic rings. The van der Waals surface area contributed by atoms with Crippen molar-refractivity contribution in [2.75, 3.05) is 6.61 Å². The minimum absolute atomic E-state index is 0.0307. The van der Waals surface area contributed by atoms with Crippen molar-refractivity contribution in [1.82, 2.24) is 0 Å². The van der Waals surface area contributed by atoms with E-state index in [2.05, 4.69) is 0 Å². The van der Waals surface area contributed by atoms with E-state index in [0.717, 1.165) is 18.9 Å². The molecule has 0 aliphatic carbocycles. The molecule has 2 rings (SSSR count). The fourth-order valence-corrected chi connectivity index (χ4v) is 3.15. The lowest BCUT2D eigenvalue weighted by Crippen LogP contribution is -2.25. The zero-order valence-corrected chi connectivity index (χ0v) is 12.9. The largest absolute Gasteiger partial charge is 0.464 e. The van der Waals surface area contributed by atoms with Crippen molar-refractivity contribution in [2.45, 2.75) is 55.7 Å². The van der Waals surface area contributed by atoms with Crippen molar-refractivity contribution in [3.05, 3.63) is 23.8 Å². The third-order valence-corrected chi connectivity index (χ3v) is 4.16. The molecule has 0 bridgehead atoms. The highest BCUT2D eigenvalue weighted by molar-refractivity contribution is 8.00. The summed E-state index contributed by atoms with van der Waals surface area (Å²) in [6.45, 7) is 4.31. The number of hydrogen-bond donors (Lipinski definition) is 0. The van der Waals surface area contributed by atoms with Crippen molar-refractivity contribution in [1.29, 1.82) is 0 Å². The van der Waals surface area contributed by atoms with E-state index < -0.39 is 18.0 Å². The van der Waals surface area contributed by atoms with Crippen LogP contribution in [0.4, 0.5) is 13.2 Å². The van der Waals surface area contributed by atoms with E-state index in [1.54, 1.807) is 6.07 Å². The van der Waals surface area contributed by atoms with Gasteiger partial charge in [-0.05, 0) is 25.0 Å². The molecule has 1 unspecified atom stereocenters. The van der Waals surface area contributed by atoms with Crippen molar-refractivity contribution in [3.8, 4) is 5.75 Å². The van der Waals surface area contributed by atoms with Gasteiger partial charge in [-0.1, -0.05) is 19.9 Å². The Labute approximate surface area is 127 Å². The van der Waals surface area contributed by atoms with E-state index in [-0.39, 0.29) is 15.9 Å². The summed E-state index contributed by atoms with van der Waals surface area (Å²) < 4.78 is 50.6. The van der Waals surface area contributed by atoms with Crippen molar-refractivity contribution in [3.63, 3.8) is 0 Å². The Morgan fingerprint density at radius 3 is 2.62 bits per heavy atom. The molecule has 2 nitrogen and oxygen atoms in total. The van der Waals surface area contributed by atoms with Crippen LogP contribution in [0, 0.1) is 0 Å². The van der Waals surface area contributed by atoms with Crippen LogP contribution in [-0.2, 0) is 10.9 Å². The van der Waals surface area contributed by atoms with Crippen LogP contribution >= 0.6 is 11.8 Å². The molecule has 0 spiro atoms. The normalized spacial score (nSPS) is 19.8. The predicted molar refractivity (Wildman–Crippen MR) is 76.7 cm³/mol. The number of ether oxygens (including phenoxy) is 2. The van der Waals surface area contributed by atoms with Crippen LogP contribution in [-0.4, -0.2) is 18.1 Å². The van der Waals surface area contributed by atoms with Crippen LogP contribution in [0.5, 0.6) is 5.75 Å². The van der Waals surface area contributed by atoms with Crippen molar-refractivity contribution in [2.24, 2.45) is 0 Å². The van der Waals surface area contributed by atoms with E-state index in [1.807, 2.05) is 13.8 Å². The fraction of sp³-hybridized carbons (Fsp3) is 0.600. The Morgan fingerprint density at radius 2 is 2.05 bits per heavy atom. The first-order chi connectivity index (χ1) is 9.88. The molecule has 0 aromatic heterocycles. The third kappa shape index (κ3) is 4.54. The van der Waals surface area contributed by atoms with Gasteiger partial charge in [0.1, 0.15) is 5.75 Å². The fourth-order valence-electron chi connectivity index (χ4n) is 2.13. The van der Waals surface area contributed by atoms with Crippen LogP contribution in [0.15, 0.2) is 23.1 Å². The van der Waals surface area contributed by atoms with E-state index >= 15 is 0 Å². The number of halogens is 3. The van der Waals surface area contributed by atoms with E-state index in [1.165, 1.54) is 17.8 Å². The molecule has 1 fully saturated rings. The minimum atomic E-state index is -4.38. The maximum absolute atomic E-state index is 13.2. The summed E-state index contributed by atoms with van der Waals surface area (Å²) in [4.78, 5) is 0.147. The van der Waals surface area contributed by atoms with Crippen LogP contribution < -0.4 is 4.74 Å². The third-order valence-electron chi connectivity index (χ3n) is 3.03. The van der Waals surface area contributed by atoms with E-state index in [0.29, 0.717) is 13.0 Å². The molecule has 21 heavy (non-hydrogen) atoms. The second kappa shape index (κ2) is 6.92. The summed E-state index contributed by atoms with van der Waals surface area (Å²) in [6.07, 6.45) is -2.19. The van der Waals surface area contributed by atoms with E-state index in [4.69, 9.17) is 9.47 Å². The Balaban J connectivity index is 2.30. The zero-order chi connectivity index (χ0) is 15.5. The first-order valence-electron chi connectivity index (χ1n) is 7.03. The molecular weight excluding hydrogens is 301 g/mol. The molecule has 0 saturated carbocycles. The summed E-state index contributed by atoms with van der Waals surface area (Å²) >= 11 is 1.17. The van der Waals surface area contributed by atoms with Gasteiger partial charge in [0.15, 0.2) is 6.29 Å².